The number of nitrogens with one attached hydrogen (secondary N) is 1. The van der Waals surface area contributed by atoms with Gasteiger partial charge in [0.25, 0.3) is 11.8 Å². The number of anilines is 1. The minimum Gasteiger partial charge on any atom is -0.445 e. The van der Waals surface area contributed by atoms with Gasteiger partial charge in [0.15, 0.2) is 0 Å². The topological polar surface area (TPSA) is 123 Å². The number of fused-ring (bicyclic) bond motifs is 1. The summed E-state index contributed by atoms with van der Waals surface area (Å²) in [5.41, 5.74) is 2.55. The summed E-state index contributed by atoms with van der Waals surface area (Å²) in [5, 5.41) is 2.24. The van der Waals surface area contributed by atoms with E-state index in [2.05, 4.69) is 26.9 Å². The molecule has 48 heavy (non-hydrogen) atoms. The maximum absolute atomic E-state index is 13.3. The fourth-order valence-electron chi connectivity index (χ4n) is 7.91. The molecule has 0 aliphatic carbocycles. The van der Waals surface area contributed by atoms with Crippen LogP contribution in [0.25, 0.3) is 0 Å². The molecule has 5 aliphatic rings. The van der Waals surface area contributed by atoms with Gasteiger partial charge in [-0.3, -0.25) is 34.3 Å². The van der Waals surface area contributed by atoms with Gasteiger partial charge in [0.1, 0.15) is 12.6 Å². The second kappa shape index (κ2) is 13.7. The number of likely N-dealkylation sites (tertiary alicyclic amines) is 1. The molecule has 2 aromatic rings. The lowest BCUT2D eigenvalue weighted by Gasteiger charge is -2.47. The normalized spacial score (nSPS) is 24.5. The number of carbonyl (C=O) groups excluding carboxylic acids is 5. The van der Waals surface area contributed by atoms with E-state index >= 15 is 0 Å². The van der Waals surface area contributed by atoms with Gasteiger partial charge in [0.05, 0.1) is 11.1 Å². The van der Waals surface area contributed by atoms with Crippen LogP contribution in [0.3, 0.4) is 0 Å². The van der Waals surface area contributed by atoms with Crippen molar-refractivity contribution in [3.8, 4) is 0 Å². The molecule has 0 bridgehead atoms. The van der Waals surface area contributed by atoms with Crippen LogP contribution >= 0.6 is 0 Å². The van der Waals surface area contributed by atoms with Crippen LogP contribution in [0.2, 0.25) is 0 Å². The van der Waals surface area contributed by atoms with E-state index in [-0.39, 0.29) is 24.8 Å². The van der Waals surface area contributed by atoms with E-state index in [1.165, 1.54) is 0 Å². The third kappa shape index (κ3) is 6.68. The van der Waals surface area contributed by atoms with Crippen LogP contribution < -0.4 is 10.2 Å². The molecule has 1 unspecified atom stereocenters. The zero-order valence-corrected chi connectivity index (χ0v) is 27.5. The van der Waals surface area contributed by atoms with Crippen LogP contribution in [0.15, 0.2) is 48.5 Å². The molecule has 2 atom stereocenters. The first-order valence-electron chi connectivity index (χ1n) is 17.3. The summed E-state index contributed by atoms with van der Waals surface area (Å²) in [5.74, 6) is -0.650. The SMILES string of the molecule is C[C@H]1CN(C(=O)OCc2ccccc2)CCN1CC1CN(CC2CCN(c3ccc4c(c3)C(=O)N(C3CCC(=O)NC3=O)C4=O)CC2)C1. The molecule has 0 radical (unpaired) electrons. The smallest absolute Gasteiger partial charge is 0.410 e. The fraction of sp³-hybridized carbons (Fsp3) is 0.528. The summed E-state index contributed by atoms with van der Waals surface area (Å²) in [6, 6.07) is 14.5. The van der Waals surface area contributed by atoms with E-state index in [1.807, 2.05) is 41.3 Å². The van der Waals surface area contributed by atoms with Gasteiger partial charge in [-0.2, -0.15) is 0 Å². The second-order valence-corrected chi connectivity index (χ2v) is 14.0. The quantitative estimate of drug-likeness (QED) is 0.428. The molecular formula is C36H44N6O6. The number of amides is 5. The van der Waals surface area contributed by atoms with Crippen LogP contribution in [0.5, 0.6) is 0 Å². The molecule has 0 spiro atoms. The molecule has 254 valence electrons. The Bertz CT molecular complexity index is 1570. The van der Waals surface area contributed by atoms with E-state index in [0.29, 0.717) is 48.7 Å². The lowest BCUT2D eigenvalue weighted by Crippen LogP contribution is -2.59. The van der Waals surface area contributed by atoms with Crippen molar-refractivity contribution in [2.75, 3.05) is 63.8 Å². The standard InChI is InChI=1S/C36H44N6O6/c1-24-18-41(36(47)48-23-26-5-3-2-4-6-26)16-15-40(24)22-27-20-38(21-27)19-25-11-13-39(14-12-25)28-7-8-29-30(17-28)35(46)42(34(29)45)31-9-10-32(43)37-33(31)44/h2-8,17,24-25,27,31H,9-16,18-23H2,1H3,(H,37,43,44)/t24-,31?/m0/s1. The van der Waals surface area contributed by atoms with Crippen LogP contribution in [0.1, 0.15) is 58.9 Å². The van der Waals surface area contributed by atoms with E-state index in [0.717, 1.165) is 74.8 Å². The molecule has 12 heteroatoms. The Kier molecular flexibility index (Phi) is 9.19. The van der Waals surface area contributed by atoms with Crippen LogP contribution in [-0.2, 0) is 20.9 Å². The van der Waals surface area contributed by atoms with Crippen molar-refractivity contribution < 1.29 is 28.7 Å². The fourth-order valence-corrected chi connectivity index (χ4v) is 7.91. The van der Waals surface area contributed by atoms with Crippen molar-refractivity contribution >= 4 is 35.4 Å². The molecule has 5 amide bonds. The zero-order valence-electron chi connectivity index (χ0n) is 27.5. The van der Waals surface area contributed by atoms with Crippen LogP contribution in [0.4, 0.5) is 10.5 Å². The van der Waals surface area contributed by atoms with Gasteiger partial charge in [-0.15, -0.1) is 0 Å². The zero-order chi connectivity index (χ0) is 33.4. The Balaban J connectivity index is 0.825. The van der Waals surface area contributed by atoms with E-state index < -0.39 is 23.8 Å². The number of hydrogen-bond donors (Lipinski definition) is 1. The van der Waals surface area contributed by atoms with E-state index in [4.69, 9.17) is 4.74 Å². The molecule has 1 N–H and O–H groups in total. The number of benzene rings is 2. The molecule has 7 rings (SSSR count). The van der Waals surface area contributed by atoms with Crippen molar-refractivity contribution in [1.82, 2.24) is 24.9 Å². The Hall–Kier alpha value is -4.29. The summed E-state index contributed by atoms with van der Waals surface area (Å²) < 4.78 is 5.55. The van der Waals surface area contributed by atoms with Gasteiger partial charge in [0, 0.05) is 77.1 Å². The van der Waals surface area contributed by atoms with Gasteiger partial charge in [-0.1, -0.05) is 30.3 Å². The van der Waals surface area contributed by atoms with Crippen molar-refractivity contribution in [3.05, 3.63) is 65.2 Å². The molecule has 0 saturated carbocycles. The molecule has 0 aromatic heterocycles. The highest BCUT2D eigenvalue weighted by atomic mass is 16.6. The minimum absolute atomic E-state index is 0.105. The maximum atomic E-state index is 13.3. The van der Waals surface area contributed by atoms with E-state index in [9.17, 15) is 24.0 Å². The van der Waals surface area contributed by atoms with Gasteiger partial charge >= 0.3 is 6.09 Å². The number of carbonyl (C=O) groups is 5. The lowest BCUT2D eigenvalue weighted by atomic mass is 9.91. The summed E-state index contributed by atoms with van der Waals surface area (Å²) in [6.45, 7) is 10.9. The Morgan fingerprint density at radius 2 is 1.58 bits per heavy atom. The van der Waals surface area contributed by atoms with Crippen molar-refractivity contribution in [2.24, 2.45) is 11.8 Å². The molecule has 5 heterocycles. The number of piperazine rings is 1. The average Bonchev–Trinajstić information content (AvgIpc) is 3.32. The number of imide groups is 2. The van der Waals surface area contributed by atoms with Crippen molar-refractivity contribution in [3.63, 3.8) is 0 Å². The molecule has 2 aromatic carbocycles. The molecule has 4 fully saturated rings. The predicted molar refractivity (Wildman–Crippen MR) is 177 cm³/mol. The first-order valence-corrected chi connectivity index (χ1v) is 17.3. The number of piperidine rings is 2. The highest BCUT2D eigenvalue weighted by Gasteiger charge is 2.45. The largest absolute Gasteiger partial charge is 0.445 e. The highest BCUT2D eigenvalue weighted by Crippen LogP contribution is 2.33. The molecule has 12 nitrogen and oxygen atoms in total. The van der Waals surface area contributed by atoms with Crippen molar-refractivity contribution in [1.29, 1.82) is 0 Å². The van der Waals surface area contributed by atoms with Gasteiger partial charge in [0.2, 0.25) is 11.8 Å². The third-order valence-electron chi connectivity index (χ3n) is 10.7. The Labute approximate surface area is 280 Å². The van der Waals surface area contributed by atoms with Gasteiger partial charge in [-0.25, -0.2) is 4.79 Å². The maximum Gasteiger partial charge on any atom is 0.410 e. The summed E-state index contributed by atoms with van der Waals surface area (Å²) in [6.07, 6.45) is 2.15. The number of ether oxygens (including phenoxy) is 1. The second-order valence-electron chi connectivity index (χ2n) is 14.0. The average molecular weight is 657 g/mol. The molecule has 5 aliphatic heterocycles. The number of nitrogens with zero attached hydrogens (tertiary/aromatic N) is 5. The summed E-state index contributed by atoms with van der Waals surface area (Å²) in [7, 11) is 0. The number of rotatable bonds is 8. The third-order valence-corrected chi connectivity index (χ3v) is 10.7. The molecule has 4 saturated heterocycles. The predicted octanol–water partition coefficient (Wildman–Crippen LogP) is 2.58. The van der Waals surface area contributed by atoms with Crippen molar-refractivity contribution in [2.45, 2.75) is 51.3 Å². The first-order chi connectivity index (χ1) is 23.2. The Morgan fingerprint density at radius 3 is 2.31 bits per heavy atom. The molecular weight excluding hydrogens is 612 g/mol. The summed E-state index contributed by atoms with van der Waals surface area (Å²) >= 11 is 0. The Morgan fingerprint density at radius 1 is 0.833 bits per heavy atom. The van der Waals surface area contributed by atoms with E-state index in [1.54, 1.807) is 12.1 Å². The monoisotopic (exact) mass is 656 g/mol. The lowest BCUT2D eigenvalue weighted by molar-refractivity contribution is -0.136. The van der Waals surface area contributed by atoms with Crippen LogP contribution in [0, 0.1) is 11.8 Å². The van der Waals surface area contributed by atoms with Gasteiger partial charge in [-0.05, 0) is 61.8 Å². The first kappa shape index (κ1) is 32.3. The summed E-state index contributed by atoms with van der Waals surface area (Å²) in [4.78, 5) is 73.1. The number of hydrogen-bond acceptors (Lipinski definition) is 9. The van der Waals surface area contributed by atoms with Crippen LogP contribution in [-0.4, -0.2) is 120 Å². The van der Waals surface area contributed by atoms with Gasteiger partial charge < -0.3 is 19.4 Å². The minimum atomic E-state index is -0.954. The highest BCUT2D eigenvalue weighted by molar-refractivity contribution is 6.23.